The first-order valence-electron chi connectivity index (χ1n) is 4.07. The smallest absolute Gasteiger partial charge is 0.449 e. The topological polar surface area (TPSA) is 33.4 Å². The average molecular weight is 208 g/mol. The molecule has 0 fully saturated rings. The van der Waals surface area contributed by atoms with Gasteiger partial charge in [-0.15, -0.1) is 0 Å². The molecule has 0 aliphatic rings. The molecule has 14 heavy (non-hydrogen) atoms. The van der Waals surface area contributed by atoms with E-state index in [0.29, 0.717) is 0 Å². The third kappa shape index (κ3) is 3.06. The standard InChI is InChI=1S/C9H11F3O2/c1-8(2,13)5-6-3-4-7(14-6)9(10,11)12/h3-4,13H,5H2,1-2H3. The second kappa shape index (κ2) is 3.31. The first-order chi connectivity index (χ1) is 6.18. The lowest BCUT2D eigenvalue weighted by Gasteiger charge is -2.14. The molecule has 0 unspecified atom stereocenters. The summed E-state index contributed by atoms with van der Waals surface area (Å²) in [5.74, 6) is -0.901. The number of hydrogen-bond acceptors (Lipinski definition) is 2. The molecule has 0 bridgehead atoms. The maximum absolute atomic E-state index is 12.1. The Labute approximate surface area is 79.3 Å². The van der Waals surface area contributed by atoms with Gasteiger partial charge in [-0.3, -0.25) is 0 Å². The van der Waals surface area contributed by atoms with Crippen molar-refractivity contribution in [2.75, 3.05) is 0 Å². The summed E-state index contributed by atoms with van der Waals surface area (Å²) < 4.78 is 40.8. The first-order valence-corrected chi connectivity index (χ1v) is 4.07. The van der Waals surface area contributed by atoms with Crippen LogP contribution in [0.15, 0.2) is 16.5 Å². The predicted octanol–water partition coefficient (Wildman–Crippen LogP) is 2.61. The Bertz CT molecular complexity index is 307. The fraction of sp³-hybridized carbons (Fsp3) is 0.556. The highest BCUT2D eigenvalue weighted by Gasteiger charge is 2.35. The Hall–Kier alpha value is -0.970. The van der Waals surface area contributed by atoms with Crippen LogP contribution in [0.1, 0.15) is 25.4 Å². The number of rotatable bonds is 2. The quantitative estimate of drug-likeness (QED) is 0.810. The largest absolute Gasteiger partial charge is 0.456 e. The van der Waals surface area contributed by atoms with Gasteiger partial charge in [0, 0.05) is 6.42 Å². The van der Waals surface area contributed by atoms with Crippen molar-refractivity contribution in [1.82, 2.24) is 0 Å². The molecule has 80 valence electrons. The summed E-state index contributed by atoms with van der Waals surface area (Å²) in [4.78, 5) is 0. The van der Waals surface area contributed by atoms with Crippen molar-refractivity contribution >= 4 is 0 Å². The van der Waals surface area contributed by atoms with Crippen molar-refractivity contribution in [3.63, 3.8) is 0 Å². The summed E-state index contributed by atoms with van der Waals surface area (Å²) in [7, 11) is 0. The third-order valence-electron chi connectivity index (χ3n) is 1.55. The zero-order valence-electron chi connectivity index (χ0n) is 7.85. The Balaban J connectivity index is 2.79. The van der Waals surface area contributed by atoms with Gasteiger partial charge >= 0.3 is 6.18 Å². The zero-order valence-corrected chi connectivity index (χ0v) is 7.85. The maximum Gasteiger partial charge on any atom is 0.449 e. The van der Waals surface area contributed by atoms with Crippen LogP contribution in [0.5, 0.6) is 0 Å². The van der Waals surface area contributed by atoms with E-state index in [9.17, 15) is 18.3 Å². The Morgan fingerprint density at radius 1 is 1.29 bits per heavy atom. The van der Waals surface area contributed by atoms with Gasteiger partial charge in [-0.2, -0.15) is 13.2 Å². The summed E-state index contributed by atoms with van der Waals surface area (Å²) in [6, 6.07) is 2.09. The summed E-state index contributed by atoms with van der Waals surface area (Å²) in [6.07, 6.45) is -4.40. The summed E-state index contributed by atoms with van der Waals surface area (Å²) in [6.45, 7) is 3.01. The van der Waals surface area contributed by atoms with Gasteiger partial charge in [0.05, 0.1) is 5.60 Å². The highest BCUT2D eigenvalue weighted by molar-refractivity contribution is 5.11. The molecule has 0 amide bonds. The lowest BCUT2D eigenvalue weighted by molar-refractivity contribution is -0.153. The number of halogens is 3. The predicted molar refractivity (Wildman–Crippen MR) is 43.7 cm³/mol. The van der Waals surface area contributed by atoms with Crippen LogP contribution in [0.4, 0.5) is 13.2 Å². The van der Waals surface area contributed by atoms with E-state index in [1.807, 2.05) is 0 Å². The van der Waals surface area contributed by atoms with Crippen molar-refractivity contribution < 1.29 is 22.7 Å². The maximum atomic E-state index is 12.1. The molecule has 2 nitrogen and oxygen atoms in total. The second-order valence-corrected chi connectivity index (χ2v) is 3.75. The minimum absolute atomic E-state index is 0.0586. The Kier molecular flexibility index (Phi) is 2.63. The normalized spacial score (nSPS) is 13.3. The molecular weight excluding hydrogens is 197 g/mol. The molecule has 0 spiro atoms. The number of hydrogen-bond donors (Lipinski definition) is 1. The van der Waals surface area contributed by atoms with E-state index < -0.39 is 17.5 Å². The van der Waals surface area contributed by atoms with Crippen LogP contribution >= 0.6 is 0 Å². The van der Waals surface area contributed by atoms with Crippen LogP contribution in [-0.2, 0) is 12.6 Å². The molecule has 1 rings (SSSR count). The van der Waals surface area contributed by atoms with E-state index in [4.69, 9.17) is 0 Å². The van der Waals surface area contributed by atoms with Gasteiger partial charge in [-0.25, -0.2) is 0 Å². The molecule has 0 saturated carbocycles. The molecule has 1 N–H and O–H groups in total. The van der Waals surface area contributed by atoms with E-state index in [1.165, 1.54) is 19.9 Å². The molecule has 1 aromatic rings. The molecule has 0 aliphatic heterocycles. The second-order valence-electron chi connectivity index (χ2n) is 3.75. The number of alkyl halides is 3. The van der Waals surface area contributed by atoms with Crippen LogP contribution in [0.25, 0.3) is 0 Å². The van der Waals surface area contributed by atoms with Gasteiger partial charge in [-0.1, -0.05) is 0 Å². The molecule has 0 saturated heterocycles. The summed E-state index contributed by atoms with van der Waals surface area (Å²) in [5.41, 5.74) is -1.07. The third-order valence-corrected chi connectivity index (χ3v) is 1.55. The van der Waals surface area contributed by atoms with Gasteiger partial charge in [0.25, 0.3) is 0 Å². The summed E-state index contributed by atoms with van der Waals surface area (Å²) >= 11 is 0. The molecule has 5 heteroatoms. The SMILES string of the molecule is CC(C)(O)Cc1ccc(C(F)(F)F)o1. The first kappa shape index (κ1) is 11.1. The molecular formula is C9H11F3O2. The van der Waals surface area contributed by atoms with Crippen LogP contribution in [0, 0.1) is 0 Å². The monoisotopic (exact) mass is 208 g/mol. The van der Waals surface area contributed by atoms with E-state index in [0.717, 1.165) is 6.07 Å². The molecule has 1 heterocycles. The number of furan rings is 1. The van der Waals surface area contributed by atoms with Gasteiger partial charge in [0.1, 0.15) is 5.76 Å². The van der Waals surface area contributed by atoms with Crippen LogP contribution in [0.3, 0.4) is 0 Å². The fourth-order valence-electron chi connectivity index (χ4n) is 1.05. The van der Waals surface area contributed by atoms with E-state index in [1.54, 1.807) is 0 Å². The van der Waals surface area contributed by atoms with Crippen LogP contribution < -0.4 is 0 Å². The van der Waals surface area contributed by atoms with Gasteiger partial charge in [-0.05, 0) is 26.0 Å². The van der Waals surface area contributed by atoms with Gasteiger partial charge in [0.2, 0.25) is 5.76 Å². The van der Waals surface area contributed by atoms with Crippen LogP contribution in [-0.4, -0.2) is 10.7 Å². The zero-order chi connectivity index (χ0) is 11.0. The molecule has 1 aromatic heterocycles. The van der Waals surface area contributed by atoms with E-state index >= 15 is 0 Å². The van der Waals surface area contributed by atoms with Crippen LogP contribution in [0.2, 0.25) is 0 Å². The minimum atomic E-state index is -4.46. The molecule has 0 aliphatic carbocycles. The highest BCUT2D eigenvalue weighted by atomic mass is 19.4. The minimum Gasteiger partial charge on any atom is -0.456 e. The molecule has 0 atom stereocenters. The van der Waals surface area contributed by atoms with Crippen molar-refractivity contribution in [3.05, 3.63) is 23.7 Å². The van der Waals surface area contributed by atoms with E-state index in [2.05, 4.69) is 4.42 Å². The summed E-state index contributed by atoms with van der Waals surface area (Å²) in [5, 5.41) is 9.34. The van der Waals surface area contributed by atoms with E-state index in [-0.39, 0.29) is 12.2 Å². The molecule has 0 aromatic carbocycles. The Morgan fingerprint density at radius 3 is 2.21 bits per heavy atom. The van der Waals surface area contributed by atoms with Crippen molar-refractivity contribution in [2.45, 2.75) is 32.0 Å². The lowest BCUT2D eigenvalue weighted by Crippen LogP contribution is -2.21. The lowest BCUT2D eigenvalue weighted by atomic mass is 10.0. The Morgan fingerprint density at radius 2 is 1.86 bits per heavy atom. The van der Waals surface area contributed by atoms with Crippen molar-refractivity contribution in [1.29, 1.82) is 0 Å². The van der Waals surface area contributed by atoms with Crippen molar-refractivity contribution in [3.8, 4) is 0 Å². The molecule has 0 radical (unpaired) electrons. The highest BCUT2D eigenvalue weighted by Crippen LogP contribution is 2.31. The van der Waals surface area contributed by atoms with Crippen molar-refractivity contribution in [2.24, 2.45) is 0 Å². The van der Waals surface area contributed by atoms with Gasteiger partial charge in [0.15, 0.2) is 0 Å². The van der Waals surface area contributed by atoms with Gasteiger partial charge < -0.3 is 9.52 Å². The average Bonchev–Trinajstić information content (AvgIpc) is 2.29. The number of aliphatic hydroxyl groups is 1. The fourth-order valence-corrected chi connectivity index (χ4v) is 1.05.